The molecule has 0 saturated heterocycles. The summed E-state index contributed by atoms with van der Waals surface area (Å²) in [5.74, 6) is -0.756. The molecule has 0 aromatic heterocycles. The number of hydrogen-bond donors (Lipinski definition) is 3. The van der Waals surface area contributed by atoms with Crippen LogP contribution in [0.15, 0.2) is 77.7 Å². The minimum Gasteiger partial charge on any atom is -0.478 e. The molecule has 0 fully saturated rings. The Balaban J connectivity index is 2.09. The number of para-hydroxylation sites is 1. The highest BCUT2D eigenvalue weighted by atomic mass is 32.2. The Bertz CT molecular complexity index is 1150. The number of sulfonamides is 1. The van der Waals surface area contributed by atoms with Crippen LogP contribution in [0.4, 0.5) is 5.69 Å². The Morgan fingerprint density at radius 3 is 2.28 bits per heavy atom. The quantitative estimate of drug-likeness (QED) is 0.357. The van der Waals surface area contributed by atoms with E-state index in [1.807, 2.05) is 43.3 Å². The third-order valence-electron chi connectivity index (χ3n) is 4.70. The van der Waals surface area contributed by atoms with E-state index in [4.69, 9.17) is 4.74 Å². The zero-order valence-corrected chi connectivity index (χ0v) is 18.6. The van der Waals surface area contributed by atoms with Crippen LogP contribution in [0.2, 0.25) is 0 Å². The van der Waals surface area contributed by atoms with Crippen molar-refractivity contribution in [1.29, 1.82) is 0 Å². The fraction of sp³-hybridized carbons (Fsp3) is 0.208. The predicted molar refractivity (Wildman–Crippen MR) is 124 cm³/mol. The van der Waals surface area contributed by atoms with E-state index < -0.39 is 16.0 Å². The number of hydrogen-bond acceptors (Lipinski definition) is 5. The molecule has 8 heteroatoms. The molecule has 3 rings (SSSR count). The van der Waals surface area contributed by atoms with Crippen LogP contribution < -0.4 is 14.8 Å². The molecule has 168 valence electrons. The fourth-order valence-corrected chi connectivity index (χ4v) is 4.27. The Morgan fingerprint density at radius 1 is 1.00 bits per heavy atom. The molecule has 0 aliphatic heterocycles. The van der Waals surface area contributed by atoms with Gasteiger partial charge in [-0.3, -0.25) is 0 Å². The van der Waals surface area contributed by atoms with Crippen molar-refractivity contribution in [3.05, 3.63) is 83.9 Å². The van der Waals surface area contributed by atoms with E-state index in [-0.39, 0.29) is 28.4 Å². The smallest absolute Gasteiger partial charge is 0.335 e. The first-order chi connectivity index (χ1) is 15.4. The number of unbranched alkanes of at least 4 members (excludes halogenated alkanes) is 1. The summed E-state index contributed by atoms with van der Waals surface area (Å²) in [5.41, 5.74) is 1.06. The van der Waals surface area contributed by atoms with Gasteiger partial charge in [-0.2, -0.15) is 0 Å². The van der Waals surface area contributed by atoms with Crippen molar-refractivity contribution in [2.45, 2.75) is 31.2 Å². The molecule has 0 heterocycles. The second-order valence-corrected chi connectivity index (χ2v) is 8.90. The van der Waals surface area contributed by atoms with Gasteiger partial charge in [0.1, 0.15) is 10.6 Å². The van der Waals surface area contributed by atoms with Gasteiger partial charge in [0.05, 0.1) is 11.3 Å². The average molecular weight is 455 g/mol. The van der Waals surface area contributed by atoms with Crippen LogP contribution in [0.1, 0.15) is 35.7 Å². The number of carboxylic acid groups (broad SMARTS) is 1. The predicted octanol–water partition coefficient (Wildman–Crippen LogP) is 4.87. The number of nitrogens with one attached hydrogen (secondary N) is 2. The summed E-state index contributed by atoms with van der Waals surface area (Å²) >= 11 is 0. The molecule has 0 unspecified atom stereocenters. The van der Waals surface area contributed by atoms with Gasteiger partial charge >= 0.3 is 5.97 Å². The molecule has 0 aliphatic rings. The summed E-state index contributed by atoms with van der Waals surface area (Å²) in [6.45, 7) is 2.56. The number of carbonyl (C=O) groups is 1. The van der Waals surface area contributed by atoms with Crippen LogP contribution >= 0.6 is 0 Å². The van der Waals surface area contributed by atoms with Gasteiger partial charge < -0.3 is 15.2 Å². The SMILES string of the molecule is CCCCNS(=O)(=O)c1cc(C(=O)O)cc(NCc2ccccc2)c1Oc1ccccc1. The molecule has 0 radical (unpaired) electrons. The number of rotatable bonds is 11. The van der Waals surface area contributed by atoms with Crippen molar-refractivity contribution < 1.29 is 23.1 Å². The second-order valence-electron chi connectivity index (χ2n) is 7.16. The van der Waals surface area contributed by atoms with Crippen LogP contribution in [0, 0.1) is 0 Å². The van der Waals surface area contributed by atoms with Gasteiger partial charge in [0.25, 0.3) is 0 Å². The number of ether oxygens (including phenoxy) is 1. The van der Waals surface area contributed by atoms with Crippen LogP contribution in [-0.2, 0) is 16.6 Å². The summed E-state index contributed by atoms with van der Waals surface area (Å²) in [5, 5.41) is 12.7. The van der Waals surface area contributed by atoms with Crippen molar-refractivity contribution in [3.63, 3.8) is 0 Å². The molecule has 0 saturated carbocycles. The number of benzene rings is 3. The fourth-order valence-electron chi connectivity index (χ4n) is 3.02. The highest BCUT2D eigenvalue weighted by molar-refractivity contribution is 7.89. The van der Waals surface area contributed by atoms with Gasteiger partial charge in [0.2, 0.25) is 10.0 Å². The summed E-state index contributed by atoms with van der Waals surface area (Å²) in [6.07, 6.45) is 1.47. The molecule has 0 spiro atoms. The van der Waals surface area contributed by atoms with E-state index in [0.29, 0.717) is 18.7 Å². The summed E-state index contributed by atoms with van der Waals surface area (Å²) < 4.78 is 34.7. The van der Waals surface area contributed by atoms with Crippen LogP contribution in [-0.4, -0.2) is 26.0 Å². The van der Waals surface area contributed by atoms with Crippen LogP contribution in [0.25, 0.3) is 0 Å². The zero-order valence-electron chi connectivity index (χ0n) is 17.7. The van der Waals surface area contributed by atoms with E-state index in [1.165, 1.54) is 6.07 Å². The van der Waals surface area contributed by atoms with Crippen molar-refractivity contribution in [2.75, 3.05) is 11.9 Å². The maximum Gasteiger partial charge on any atom is 0.335 e. The summed E-state index contributed by atoms with van der Waals surface area (Å²) in [7, 11) is -4.02. The lowest BCUT2D eigenvalue weighted by atomic mass is 10.1. The summed E-state index contributed by atoms with van der Waals surface area (Å²) in [6, 6.07) is 20.8. The van der Waals surface area contributed by atoms with Crippen molar-refractivity contribution >= 4 is 21.7 Å². The van der Waals surface area contributed by atoms with E-state index in [1.54, 1.807) is 24.3 Å². The van der Waals surface area contributed by atoms with Gasteiger partial charge in [-0.1, -0.05) is 61.9 Å². The summed E-state index contributed by atoms with van der Waals surface area (Å²) in [4.78, 5) is 11.5. The molecule has 3 aromatic rings. The zero-order chi connectivity index (χ0) is 23.0. The largest absolute Gasteiger partial charge is 0.478 e. The average Bonchev–Trinajstić information content (AvgIpc) is 2.79. The van der Waals surface area contributed by atoms with Gasteiger partial charge in [0.15, 0.2) is 5.75 Å². The van der Waals surface area contributed by atoms with Gasteiger partial charge in [-0.05, 0) is 36.2 Å². The molecular formula is C24H26N2O5S. The highest BCUT2D eigenvalue weighted by Crippen LogP contribution is 2.38. The first-order valence-electron chi connectivity index (χ1n) is 10.3. The van der Waals surface area contributed by atoms with Crippen molar-refractivity contribution in [3.8, 4) is 11.5 Å². The lowest BCUT2D eigenvalue weighted by Gasteiger charge is -2.18. The van der Waals surface area contributed by atoms with Crippen molar-refractivity contribution in [2.24, 2.45) is 0 Å². The van der Waals surface area contributed by atoms with E-state index in [2.05, 4.69) is 10.0 Å². The van der Waals surface area contributed by atoms with Gasteiger partial charge in [0, 0.05) is 13.1 Å². The van der Waals surface area contributed by atoms with Gasteiger partial charge in [-0.25, -0.2) is 17.9 Å². The first kappa shape index (κ1) is 23.3. The monoisotopic (exact) mass is 454 g/mol. The Hall–Kier alpha value is -3.36. The molecule has 7 nitrogen and oxygen atoms in total. The standard InChI is InChI=1S/C24H26N2O5S/c1-2-3-14-26-32(29,30)22-16-19(24(27)28)15-21(25-17-18-10-6-4-7-11-18)23(22)31-20-12-8-5-9-13-20/h4-13,15-16,25-26H,2-3,14,17H2,1H3,(H,27,28). The first-order valence-corrected chi connectivity index (χ1v) is 11.8. The van der Waals surface area contributed by atoms with E-state index in [0.717, 1.165) is 18.1 Å². The van der Waals surface area contributed by atoms with Crippen molar-refractivity contribution in [1.82, 2.24) is 4.72 Å². The Labute approximate surface area is 188 Å². The third kappa shape index (κ3) is 6.09. The van der Waals surface area contributed by atoms with E-state index in [9.17, 15) is 18.3 Å². The molecule has 0 aliphatic carbocycles. The molecule has 3 N–H and O–H groups in total. The number of anilines is 1. The maximum atomic E-state index is 13.1. The number of aromatic carboxylic acids is 1. The molecule has 0 amide bonds. The molecule has 3 aromatic carbocycles. The van der Waals surface area contributed by atoms with Gasteiger partial charge in [-0.15, -0.1) is 0 Å². The molecule has 0 bridgehead atoms. The lowest BCUT2D eigenvalue weighted by molar-refractivity contribution is 0.0696. The third-order valence-corrected chi connectivity index (χ3v) is 6.17. The highest BCUT2D eigenvalue weighted by Gasteiger charge is 2.26. The second kappa shape index (κ2) is 10.8. The minimum absolute atomic E-state index is 0.0427. The van der Waals surface area contributed by atoms with E-state index >= 15 is 0 Å². The van der Waals surface area contributed by atoms with Crippen LogP contribution in [0.5, 0.6) is 11.5 Å². The Kier molecular flexibility index (Phi) is 7.86. The molecule has 0 atom stereocenters. The van der Waals surface area contributed by atoms with Crippen LogP contribution in [0.3, 0.4) is 0 Å². The minimum atomic E-state index is -4.02. The normalized spacial score (nSPS) is 11.2. The lowest BCUT2D eigenvalue weighted by Crippen LogP contribution is -2.25. The topological polar surface area (TPSA) is 105 Å². The molecule has 32 heavy (non-hydrogen) atoms. The molecular weight excluding hydrogens is 428 g/mol. The maximum absolute atomic E-state index is 13.1. The Morgan fingerprint density at radius 2 is 1.66 bits per heavy atom. The number of carboxylic acids is 1.